The Balaban J connectivity index is 2.54. The lowest BCUT2D eigenvalue weighted by molar-refractivity contribution is -0.0500. The Morgan fingerprint density at radius 3 is 2.21 bits per heavy atom. The first-order valence-electron chi connectivity index (χ1n) is 6.76. The highest BCUT2D eigenvalue weighted by molar-refractivity contribution is 7.97. The van der Waals surface area contributed by atoms with Gasteiger partial charge in [-0.3, -0.25) is 3.87 Å². The third-order valence-corrected chi connectivity index (χ3v) is 7.62. The maximum atomic E-state index is 12.8. The summed E-state index contributed by atoms with van der Waals surface area (Å²) in [7, 11) is -8.30. The second-order valence-corrected chi connectivity index (χ2v) is 9.45. The van der Waals surface area contributed by atoms with E-state index in [-0.39, 0.29) is 0 Å². The van der Waals surface area contributed by atoms with E-state index < -0.39 is 24.7 Å². The van der Waals surface area contributed by atoms with Crippen molar-refractivity contribution in [2.24, 2.45) is 0 Å². The van der Waals surface area contributed by atoms with Gasteiger partial charge in [-0.25, -0.2) is 0 Å². The van der Waals surface area contributed by atoms with Crippen LogP contribution in [0.4, 0.5) is 13.2 Å². The molecule has 0 aromatic heterocycles. The third-order valence-electron chi connectivity index (χ3n) is 3.07. The summed E-state index contributed by atoms with van der Waals surface area (Å²) in [6.45, 7) is 0. The van der Waals surface area contributed by atoms with E-state index in [1.807, 2.05) is 6.26 Å². The second kappa shape index (κ2) is 7.73. The van der Waals surface area contributed by atoms with Crippen molar-refractivity contribution in [1.82, 2.24) is 0 Å². The molecule has 0 bridgehead atoms. The molecule has 0 aliphatic rings. The van der Waals surface area contributed by atoms with Gasteiger partial charge in [0.1, 0.15) is 0 Å². The van der Waals surface area contributed by atoms with E-state index in [0.29, 0.717) is 16.1 Å². The van der Waals surface area contributed by atoms with Gasteiger partial charge >= 0.3 is 24.7 Å². The molecule has 0 aliphatic carbocycles. The summed E-state index contributed by atoms with van der Waals surface area (Å²) in [6.07, 6.45) is 1.86. The Kier molecular flexibility index (Phi) is 6.13. The molecule has 0 unspecified atom stereocenters. The lowest BCUT2D eigenvalue weighted by Crippen LogP contribution is -2.49. The predicted octanol–water partition coefficient (Wildman–Crippen LogP) is 2.52. The Morgan fingerprint density at radius 2 is 1.62 bits per heavy atom. The van der Waals surface area contributed by atoms with Gasteiger partial charge in [0, 0.05) is 5.75 Å². The zero-order valence-corrected chi connectivity index (χ0v) is 15.2. The number of rotatable bonds is 6. The number of benzene rings is 2. The van der Waals surface area contributed by atoms with Gasteiger partial charge in [-0.1, -0.05) is 54.6 Å². The molecule has 3 nitrogen and oxygen atoms in total. The van der Waals surface area contributed by atoms with Crippen molar-refractivity contribution in [3.8, 4) is 0 Å². The molecule has 0 aliphatic heterocycles. The smallest absolute Gasteiger partial charge is 0.296 e. The highest BCUT2D eigenvalue weighted by atomic mass is 32.2. The molecule has 0 saturated heterocycles. The summed E-state index contributed by atoms with van der Waals surface area (Å²) in [6, 6.07) is 15.0. The average Bonchev–Trinajstić information content (AvgIpc) is 2.53. The number of thioether (sulfide) groups is 1. The van der Waals surface area contributed by atoms with Crippen LogP contribution in [-0.2, 0) is 19.7 Å². The van der Waals surface area contributed by atoms with Gasteiger partial charge in [0.2, 0.25) is 0 Å². The molecule has 0 spiro atoms. The standard InChI is InChI=1S/C15H14F3O3S2Si/c1-22-11-12-7-5-6-10-14(12)24(13-8-3-2-4-9-13)21-23(19,20)15(16,17)18/h2-10H,11H2,1H3. The molecule has 2 aromatic rings. The number of alkyl halides is 3. The SMILES string of the molecule is CSCc1ccccc1[Si](OS(=O)(=O)C(F)(F)F)c1ccccc1. The second-order valence-electron chi connectivity index (χ2n) is 4.77. The van der Waals surface area contributed by atoms with Crippen molar-refractivity contribution in [3.63, 3.8) is 0 Å². The molecular weight excluding hydrogens is 377 g/mol. The molecule has 0 atom stereocenters. The molecule has 0 N–H and O–H groups in total. The van der Waals surface area contributed by atoms with Crippen LogP contribution in [0.3, 0.4) is 0 Å². The molecule has 0 amide bonds. The molecule has 9 heteroatoms. The molecule has 0 fully saturated rings. The summed E-state index contributed by atoms with van der Waals surface area (Å²) >= 11 is 1.49. The highest BCUT2D eigenvalue weighted by Gasteiger charge is 2.49. The molecule has 2 aromatic carbocycles. The van der Waals surface area contributed by atoms with E-state index in [1.165, 1.54) is 11.8 Å². The maximum absolute atomic E-state index is 12.8. The lowest BCUT2D eigenvalue weighted by Gasteiger charge is -2.19. The number of hydrogen-bond acceptors (Lipinski definition) is 4. The number of hydrogen-bond donors (Lipinski definition) is 0. The Hall–Kier alpha value is -1.29. The first-order chi connectivity index (χ1) is 11.3. The van der Waals surface area contributed by atoms with E-state index in [0.717, 1.165) is 5.56 Å². The Morgan fingerprint density at radius 1 is 1.04 bits per heavy atom. The fourth-order valence-electron chi connectivity index (χ4n) is 2.02. The largest absolute Gasteiger partial charge is 0.522 e. The van der Waals surface area contributed by atoms with E-state index in [9.17, 15) is 21.6 Å². The van der Waals surface area contributed by atoms with Gasteiger partial charge < -0.3 is 0 Å². The van der Waals surface area contributed by atoms with Gasteiger partial charge in [0.25, 0.3) is 0 Å². The zero-order chi connectivity index (χ0) is 17.8. The van der Waals surface area contributed by atoms with Crippen LogP contribution in [-0.4, -0.2) is 29.2 Å². The minimum Gasteiger partial charge on any atom is -0.296 e. The summed E-state index contributed by atoms with van der Waals surface area (Å²) < 4.78 is 66.1. The summed E-state index contributed by atoms with van der Waals surface area (Å²) in [5, 5.41) is 0.930. The van der Waals surface area contributed by atoms with Crippen LogP contribution in [0.1, 0.15) is 5.56 Å². The van der Waals surface area contributed by atoms with Crippen LogP contribution in [0.5, 0.6) is 0 Å². The summed E-state index contributed by atoms with van der Waals surface area (Å²) in [4.78, 5) is 0. The quantitative estimate of drug-likeness (QED) is 0.561. The van der Waals surface area contributed by atoms with Crippen molar-refractivity contribution in [2.45, 2.75) is 11.3 Å². The molecule has 24 heavy (non-hydrogen) atoms. The topological polar surface area (TPSA) is 43.4 Å². The first-order valence-corrected chi connectivity index (χ1v) is 11.0. The van der Waals surface area contributed by atoms with Crippen molar-refractivity contribution < 1.29 is 25.5 Å². The van der Waals surface area contributed by atoms with Crippen molar-refractivity contribution >= 4 is 41.3 Å². The lowest BCUT2D eigenvalue weighted by atomic mass is 10.2. The third kappa shape index (κ3) is 4.41. The minimum atomic E-state index is -5.69. The van der Waals surface area contributed by atoms with E-state index in [1.54, 1.807) is 54.6 Å². The monoisotopic (exact) mass is 391 g/mol. The van der Waals surface area contributed by atoms with Crippen LogP contribution in [0.2, 0.25) is 0 Å². The summed E-state index contributed by atoms with van der Waals surface area (Å²) in [5.74, 6) is 0.548. The Labute approximate surface area is 144 Å². The van der Waals surface area contributed by atoms with Crippen molar-refractivity contribution in [3.05, 3.63) is 60.2 Å². The maximum Gasteiger partial charge on any atom is 0.522 e. The fourth-order valence-corrected chi connectivity index (χ4v) is 6.23. The first kappa shape index (κ1) is 19.0. The highest BCUT2D eigenvalue weighted by Crippen LogP contribution is 2.25. The predicted molar refractivity (Wildman–Crippen MR) is 91.2 cm³/mol. The van der Waals surface area contributed by atoms with Gasteiger partial charge in [0.15, 0.2) is 0 Å². The van der Waals surface area contributed by atoms with Crippen LogP contribution in [0.15, 0.2) is 54.6 Å². The molecule has 2 rings (SSSR count). The van der Waals surface area contributed by atoms with E-state index >= 15 is 0 Å². The van der Waals surface area contributed by atoms with Gasteiger partial charge in [-0.2, -0.15) is 33.4 Å². The fraction of sp³-hybridized carbons (Fsp3) is 0.200. The number of halogens is 3. The normalized spacial score (nSPS) is 12.5. The van der Waals surface area contributed by atoms with Crippen LogP contribution >= 0.6 is 11.8 Å². The molecule has 0 saturated carbocycles. The molecule has 1 radical (unpaired) electrons. The minimum absolute atomic E-state index is 0.434. The van der Waals surface area contributed by atoms with Gasteiger partial charge in [-0.15, -0.1) is 0 Å². The molecule has 129 valence electrons. The van der Waals surface area contributed by atoms with Crippen molar-refractivity contribution in [2.75, 3.05) is 6.26 Å². The van der Waals surface area contributed by atoms with Crippen molar-refractivity contribution in [1.29, 1.82) is 0 Å². The van der Waals surface area contributed by atoms with Gasteiger partial charge in [0.05, 0.1) is 0 Å². The molecule has 0 heterocycles. The van der Waals surface area contributed by atoms with Gasteiger partial charge in [-0.05, 0) is 22.2 Å². The van der Waals surface area contributed by atoms with Crippen LogP contribution in [0, 0.1) is 0 Å². The van der Waals surface area contributed by atoms with E-state index in [2.05, 4.69) is 0 Å². The Bertz CT molecular complexity index is 780. The summed E-state index contributed by atoms with van der Waals surface area (Å²) in [5.41, 5.74) is -4.69. The van der Waals surface area contributed by atoms with E-state index in [4.69, 9.17) is 3.87 Å². The average molecular weight is 391 g/mol. The van der Waals surface area contributed by atoms with Crippen LogP contribution < -0.4 is 10.4 Å². The molecular formula is C15H14F3O3S2Si. The van der Waals surface area contributed by atoms with Crippen LogP contribution in [0.25, 0.3) is 0 Å². The zero-order valence-electron chi connectivity index (χ0n) is 12.6.